The zero-order chi connectivity index (χ0) is 10.8. The Morgan fingerprint density at radius 3 is 2.47 bits per heavy atom. The highest BCUT2D eigenvalue weighted by Crippen LogP contribution is 2.33. The van der Waals surface area contributed by atoms with E-state index in [1.54, 1.807) is 18.2 Å². The Morgan fingerprint density at radius 1 is 1.27 bits per heavy atom. The smallest absolute Gasteiger partial charge is 0.229 e. The van der Waals surface area contributed by atoms with Gasteiger partial charge in [-0.3, -0.25) is 0 Å². The van der Waals surface area contributed by atoms with Crippen molar-refractivity contribution in [2.24, 2.45) is 5.73 Å². The molecule has 0 fully saturated rings. The third-order valence-electron chi connectivity index (χ3n) is 1.94. The van der Waals surface area contributed by atoms with Gasteiger partial charge in [0.1, 0.15) is 6.26 Å². The molecule has 0 aliphatic rings. The van der Waals surface area contributed by atoms with Crippen molar-refractivity contribution in [1.29, 1.82) is 0 Å². The number of rotatable bonds is 2. The maximum absolute atomic E-state index is 6.00. The number of aromatic nitrogens is 1. The van der Waals surface area contributed by atoms with Crippen molar-refractivity contribution in [3.05, 3.63) is 40.2 Å². The maximum Gasteiger partial charge on any atom is 0.229 e. The zero-order valence-electron chi connectivity index (χ0n) is 7.71. The summed E-state index contributed by atoms with van der Waals surface area (Å²) in [6.45, 7) is 0.325. The lowest BCUT2D eigenvalue weighted by atomic mass is 10.2. The molecular formula is C10H8Cl2N2O. The molecule has 3 nitrogen and oxygen atoms in total. The van der Waals surface area contributed by atoms with Gasteiger partial charge in [-0.25, -0.2) is 4.98 Å². The largest absolute Gasteiger partial charge is 0.444 e. The monoisotopic (exact) mass is 242 g/mol. The number of nitrogens with two attached hydrogens (primary N) is 1. The van der Waals surface area contributed by atoms with E-state index in [1.165, 1.54) is 6.26 Å². The minimum Gasteiger partial charge on any atom is -0.444 e. The molecule has 78 valence electrons. The van der Waals surface area contributed by atoms with Crippen LogP contribution >= 0.6 is 23.2 Å². The van der Waals surface area contributed by atoms with Crippen LogP contribution in [0.25, 0.3) is 11.5 Å². The highest BCUT2D eigenvalue weighted by Gasteiger charge is 2.13. The summed E-state index contributed by atoms with van der Waals surface area (Å²) in [6, 6.07) is 5.23. The Bertz CT molecular complexity index is 462. The first-order valence-electron chi connectivity index (χ1n) is 4.31. The average molecular weight is 243 g/mol. The molecule has 0 atom stereocenters. The maximum atomic E-state index is 6.00. The van der Waals surface area contributed by atoms with Gasteiger partial charge < -0.3 is 10.2 Å². The highest BCUT2D eigenvalue weighted by molar-refractivity contribution is 6.38. The van der Waals surface area contributed by atoms with Gasteiger partial charge in [-0.15, -0.1) is 0 Å². The van der Waals surface area contributed by atoms with Crippen LogP contribution in [0, 0.1) is 0 Å². The molecule has 0 spiro atoms. The lowest BCUT2D eigenvalue weighted by Crippen LogP contribution is -1.95. The molecule has 2 aromatic rings. The number of oxazole rings is 1. The van der Waals surface area contributed by atoms with Crippen LogP contribution < -0.4 is 5.73 Å². The standard InChI is InChI=1S/C10H8Cl2N2O/c11-7-2-1-3-8(12)9(7)10-14-6(4-13)5-15-10/h1-3,5H,4,13H2. The van der Waals surface area contributed by atoms with Crippen molar-refractivity contribution in [2.45, 2.75) is 6.54 Å². The summed E-state index contributed by atoms with van der Waals surface area (Å²) >= 11 is 12.0. The van der Waals surface area contributed by atoms with E-state index in [1.807, 2.05) is 0 Å². The van der Waals surface area contributed by atoms with E-state index in [2.05, 4.69) is 4.98 Å². The molecule has 2 N–H and O–H groups in total. The second kappa shape index (κ2) is 4.23. The van der Waals surface area contributed by atoms with Gasteiger partial charge in [0.2, 0.25) is 5.89 Å². The Morgan fingerprint density at radius 2 is 1.93 bits per heavy atom. The predicted molar refractivity (Wildman–Crippen MR) is 59.9 cm³/mol. The third kappa shape index (κ3) is 2.00. The number of nitrogens with zero attached hydrogens (tertiary/aromatic N) is 1. The average Bonchev–Trinajstić information content (AvgIpc) is 2.66. The number of hydrogen-bond acceptors (Lipinski definition) is 3. The lowest BCUT2D eigenvalue weighted by molar-refractivity contribution is 0.572. The van der Waals surface area contributed by atoms with E-state index in [-0.39, 0.29) is 0 Å². The van der Waals surface area contributed by atoms with Gasteiger partial charge in [0, 0.05) is 6.54 Å². The van der Waals surface area contributed by atoms with E-state index in [0.717, 1.165) is 0 Å². The van der Waals surface area contributed by atoms with Gasteiger partial charge in [0.15, 0.2) is 0 Å². The fourth-order valence-electron chi connectivity index (χ4n) is 1.22. The molecule has 0 aliphatic carbocycles. The third-order valence-corrected chi connectivity index (χ3v) is 2.57. The summed E-state index contributed by atoms with van der Waals surface area (Å²) in [6.07, 6.45) is 1.50. The summed E-state index contributed by atoms with van der Waals surface area (Å²) in [5.41, 5.74) is 6.69. The first-order valence-corrected chi connectivity index (χ1v) is 5.07. The molecule has 0 amide bonds. The molecule has 1 heterocycles. The van der Waals surface area contributed by atoms with Crippen molar-refractivity contribution in [3.63, 3.8) is 0 Å². The van der Waals surface area contributed by atoms with Crippen LogP contribution in [0.4, 0.5) is 0 Å². The van der Waals surface area contributed by atoms with E-state index < -0.39 is 0 Å². The van der Waals surface area contributed by atoms with Gasteiger partial charge in [-0.1, -0.05) is 29.3 Å². The molecule has 0 aliphatic heterocycles. The molecule has 0 saturated carbocycles. The Labute approximate surface area is 96.8 Å². The number of benzene rings is 1. The van der Waals surface area contributed by atoms with Crippen LogP contribution in [-0.2, 0) is 6.54 Å². The molecule has 15 heavy (non-hydrogen) atoms. The highest BCUT2D eigenvalue weighted by atomic mass is 35.5. The van der Waals surface area contributed by atoms with Crippen molar-refractivity contribution >= 4 is 23.2 Å². The molecule has 2 rings (SSSR count). The van der Waals surface area contributed by atoms with E-state index in [4.69, 9.17) is 33.4 Å². The topological polar surface area (TPSA) is 52.0 Å². The second-order valence-electron chi connectivity index (χ2n) is 2.94. The SMILES string of the molecule is NCc1coc(-c2c(Cl)cccc2Cl)n1. The van der Waals surface area contributed by atoms with Crippen molar-refractivity contribution in [1.82, 2.24) is 4.98 Å². The summed E-state index contributed by atoms with van der Waals surface area (Å²) in [5, 5.41) is 1.01. The fraction of sp³-hybridized carbons (Fsp3) is 0.100. The molecular weight excluding hydrogens is 235 g/mol. The molecule has 0 saturated heterocycles. The summed E-state index contributed by atoms with van der Waals surface area (Å²) in [7, 11) is 0. The first kappa shape index (κ1) is 10.5. The Balaban J connectivity index is 2.53. The van der Waals surface area contributed by atoms with Crippen molar-refractivity contribution in [3.8, 4) is 11.5 Å². The van der Waals surface area contributed by atoms with Gasteiger partial charge in [-0.2, -0.15) is 0 Å². The van der Waals surface area contributed by atoms with Crippen LogP contribution in [0.15, 0.2) is 28.9 Å². The fourth-order valence-corrected chi connectivity index (χ4v) is 1.78. The quantitative estimate of drug-likeness (QED) is 0.881. The van der Waals surface area contributed by atoms with Crippen molar-refractivity contribution in [2.75, 3.05) is 0 Å². The summed E-state index contributed by atoms with van der Waals surface area (Å²) in [5.74, 6) is 0.394. The van der Waals surface area contributed by atoms with Crippen LogP contribution in [0.5, 0.6) is 0 Å². The molecule has 1 aromatic carbocycles. The van der Waals surface area contributed by atoms with Crippen LogP contribution in [-0.4, -0.2) is 4.98 Å². The van der Waals surface area contributed by atoms with Gasteiger partial charge in [-0.05, 0) is 12.1 Å². The lowest BCUT2D eigenvalue weighted by Gasteiger charge is -2.01. The Kier molecular flexibility index (Phi) is 2.95. The predicted octanol–water partition coefficient (Wildman–Crippen LogP) is 3.11. The van der Waals surface area contributed by atoms with E-state index in [0.29, 0.717) is 33.7 Å². The van der Waals surface area contributed by atoms with E-state index >= 15 is 0 Å². The zero-order valence-corrected chi connectivity index (χ0v) is 9.22. The minimum atomic E-state index is 0.325. The van der Waals surface area contributed by atoms with Gasteiger partial charge >= 0.3 is 0 Å². The van der Waals surface area contributed by atoms with E-state index in [9.17, 15) is 0 Å². The molecule has 0 bridgehead atoms. The van der Waals surface area contributed by atoms with Gasteiger partial charge in [0.05, 0.1) is 21.3 Å². The molecule has 5 heteroatoms. The number of halogens is 2. The first-order chi connectivity index (χ1) is 7.22. The minimum absolute atomic E-state index is 0.325. The van der Waals surface area contributed by atoms with Crippen LogP contribution in [0.2, 0.25) is 10.0 Å². The molecule has 0 radical (unpaired) electrons. The second-order valence-corrected chi connectivity index (χ2v) is 3.76. The molecule has 0 unspecified atom stereocenters. The summed E-state index contributed by atoms with van der Waals surface area (Å²) < 4.78 is 5.24. The Hall–Kier alpha value is -1.03. The normalized spacial score (nSPS) is 10.6. The summed E-state index contributed by atoms with van der Waals surface area (Å²) in [4.78, 5) is 4.16. The van der Waals surface area contributed by atoms with Gasteiger partial charge in [0.25, 0.3) is 0 Å². The van der Waals surface area contributed by atoms with Crippen LogP contribution in [0.1, 0.15) is 5.69 Å². The van der Waals surface area contributed by atoms with Crippen LogP contribution in [0.3, 0.4) is 0 Å². The molecule has 1 aromatic heterocycles. The van der Waals surface area contributed by atoms with Crippen molar-refractivity contribution < 1.29 is 4.42 Å². The number of hydrogen-bond donors (Lipinski definition) is 1.